The summed E-state index contributed by atoms with van der Waals surface area (Å²) in [5, 5.41) is 9.77. The first-order valence-corrected chi connectivity index (χ1v) is 12.8. The van der Waals surface area contributed by atoms with E-state index in [9.17, 15) is 9.59 Å². The third-order valence-corrected chi connectivity index (χ3v) is 7.05. The summed E-state index contributed by atoms with van der Waals surface area (Å²) in [5.41, 5.74) is 3.97. The molecule has 190 valence electrons. The lowest BCUT2D eigenvalue weighted by Crippen LogP contribution is -2.47. The van der Waals surface area contributed by atoms with Crippen LogP contribution in [0, 0.1) is 0 Å². The number of amides is 2. The van der Waals surface area contributed by atoms with E-state index in [0.29, 0.717) is 24.4 Å². The maximum Gasteiger partial charge on any atom is 0.258 e. The van der Waals surface area contributed by atoms with Crippen LogP contribution in [0.25, 0.3) is 16.8 Å². The fourth-order valence-electron chi connectivity index (χ4n) is 5.12. The van der Waals surface area contributed by atoms with Crippen molar-refractivity contribution in [3.8, 4) is 16.8 Å². The minimum absolute atomic E-state index is 0.163. The molecule has 0 radical (unpaired) electrons. The summed E-state index contributed by atoms with van der Waals surface area (Å²) >= 11 is 0. The van der Waals surface area contributed by atoms with Crippen molar-refractivity contribution in [3.63, 3.8) is 0 Å². The Hall–Kier alpha value is -4.20. The van der Waals surface area contributed by atoms with Crippen LogP contribution in [0.2, 0.25) is 0 Å². The Kier molecular flexibility index (Phi) is 7.16. The molecule has 3 heterocycles. The number of nitrogens with zero attached hydrogens (tertiary/aromatic N) is 4. The zero-order chi connectivity index (χ0) is 25.8. The SMILES string of the molecule is C[C@@H]1CCC[C@H](C)N1C(=O)CCc1cn(-c2ccccc2)c(NC(=O)c2cccc(-c3cn[nH]c3)c2)n1. The van der Waals surface area contributed by atoms with Gasteiger partial charge in [0.15, 0.2) is 0 Å². The predicted molar refractivity (Wildman–Crippen MR) is 143 cm³/mol. The van der Waals surface area contributed by atoms with Gasteiger partial charge in [0.05, 0.1) is 11.9 Å². The molecule has 1 fully saturated rings. The standard InChI is InChI=1S/C29H32N6O2/c1-20-8-6-9-21(2)35(20)27(36)15-14-25-19-34(26-12-4-3-5-13-26)29(32-25)33-28(37)23-11-7-10-22(16-23)24-17-30-31-18-24/h3-5,7,10-13,16-21H,6,8-9,14-15H2,1-2H3,(H,30,31)(H,32,33,37)/t20-,21+. The summed E-state index contributed by atoms with van der Waals surface area (Å²) in [7, 11) is 0. The number of piperidine rings is 1. The van der Waals surface area contributed by atoms with Crippen molar-refractivity contribution in [2.24, 2.45) is 0 Å². The van der Waals surface area contributed by atoms with Crippen LogP contribution < -0.4 is 5.32 Å². The first-order chi connectivity index (χ1) is 18.0. The van der Waals surface area contributed by atoms with E-state index in [1.54, 1.807) is 18.5 Å². The molecule has 8 heteroatoms. The lowest BCUT2D eigenvalue weighted by molar-refractivity contribution is -0.137. The van der Waals surface area contributed by atoms with Crippen molar-refractivity contribution < 1.29 is 9.59 Å². The van der Waals surface area contributed by atoms with Crippen LogP contribution in [0.4, 0.5) is 5.95 Å². The number of carbonyl (C=O) groups excluding carboxylic acids is 2. The van der Waals surface area contributed by atoms with Gasteiger partial charge in [0.25, 0.3) is 5.91 Å². The number of aromatic nitrogens is 4. The number of hydrogen-bond acceptors (Lipinski definition) is 4. The Labute approximate surface area is 216 Å². The van der Waals surface area contributed by atoms with Gasteiger partial charge >= 0.3 is 0 Å². The molecule has 5 rings (SSSR count). The number of anilines is 1. The molecule has 1 saturated heterocycles. The number of imidazole rings is 1. The van der Waals surface area contributed by atoms with E-state index >= 15 is 0 Å². The van der Waals surface area contributed by atoms with Crippen LogP contribution in [0.5, 0.6) is 0 Å². The van der Waals surface area contributed by atoms with E-state index in [1.165, 1.54) is 6.42 Å². The molecule has 1 aliphatic heterocycles. The average molecular weight is 497 g/mol. The normalized spacial score (nSPS) is 17.5. The minimum Gasteiger partial charge on any atom is -0.337 e. The number of likely N-dealkylation sites (tertiary alicyclic amines) is 1. The molecule has 0 bridgehead atoms. The van der Waals surface area contributed by atoms with Gasteiger partial charge in [0.1, 0.15) is 0 Å². The molecule has 2 aromatic carbocycles. The molecule has 1 aliphatic rings. The summed E-state index contributed by atoms with van der Waals surface area (Å²) in [6.45, 7) is 4.26. The Balaban J connectivity index is 1.36. The highest BCUT2D eigenvalue weighted by atomic mass is 16.2. The van der Waals surface area contributed by atoms with Crippen LogP contribution >= 0.6 is 0 Å². The van der Waals surface area contributed by atoms with E-state index in [1.807, 2.05) is 64.2 Å². The topological polar surface area (TPSA) is 95.9 Å². The Morgan fingerprint density at radius 3 is 2.54 bits per heavy atom. The highest BCUT2D eigenvalue weighted by Crippen LogP contribution is 2.25. The molecule has 4 aromatic rings. The van der Waals surface area contributed by atoms with Crippen molar-refractivity contribution in [2.75, 3.05) is 5.32 Å². The highest BCUT2D eigenvalue weighted by Gasteiger charge is 2.28. The van der Waals surface area contributed by atoms with E-state index in [0.717, 1.165) is 35.3 Å². The van der Waals surface area contributed by atoms with Crippen molar-refractivity contribution in [2.45, 2.75) is 58.0 Å². The predicted octanol–water partition coefficient (Wildman–Crippen LogP) is 5.24. The van der Waals surface area contributed by atoms with Gasteiger partial charge in [-0.15, -0.1) is 0 Å². The summed E-state index contributed by atoms with van der Waals surface area (Å²) in [6, 6.07) is 17.7. The van der Waals surface area contributed by atoms with Gasteiger partial charge in [0.2, 0.25) is 11.9 Å². The summed E-state index contributed by atoms with van der Waals surface area (Å²) in [4.78, 5) is 33.0. The fourth-order valence-corrected chi connectivity index (χ4v) is 5.12. The Morgan fingerprint density at radius 2 is 1.81 bits per heavy atom. The van der Waals surface area contributed by atoms with Crippen molar-refractivity contribution in [1.82, 2.24) is 24.6 Å². The van der Waals surface area contributed by atoms with Gasteiger partial charge in [0, 0.05) is 54.1 Å². The summed E-state index contributed by atoms with van der Waals surface area (Å²) < 4.78 is 1.86. The number of nitrogens with one attached hydrogen (secondary N) is 2. The summed E-state index contributed by atoms with van der Waals surface area (Å²) in [6.07, 6.45) is 9.59. The lowest BCUT2D eigenvalue weighted by Gasteiger charge is -2.39. The second kappa shape index (κ2) is 10.8. The zero-order valence-corrected chi connectivity index (χ0v) is 21.2. The summed E-state index contributed by atoms with van der Waals surface area (Å²) in [5.74, 6) is 0.328. The molecule has 2 amide bonds. The maximum atomic E-state index is 13.2. The van der Waals surface area contributed by atoms with Crippen molar-refractivity contribution in [1.29, 1.82) is 0 Å². The van der Waals surface area contributed by atoms with Crippen molar-refractivity contribution >= 4 is 17.8 Å². The van der Waals surface area contributed by atoms with E-state index in [-0.39, 0.29) is 23.9 Å². The van der Waals surface area contributed by atoms with Gasteiger partial charge in [-0.25, -0.2) is 4.98 Å². The van der Waals surface area contributed by atoms with E-state index < -0.39 is 0 Å². The van der Waals surface area contributed by atoms with Gasteiger partial charge in [-0.1, -0.05) is 30.3 Å². The Morgan fingerprint density at radius 1 is 1.03 bits per heavy atom. The molecule has 2 aromatic heterocycles. The van der Waals surface area contributed by atoms with E-state index in [2.05, 4.69) is 29.4 Å². The van der Waals surface area contributed by atoms with Crippen LogP contribution in [0.15, 0.2) is 73.2 Å². The van der Waals surface area contributed by atoms with Gasteiger partial charge in [-0.3, -0.25) is 24.6 Å². The number of carbonyl (C=O) groups is 2. The molecule has 37 heavy (non-hydrogen) atoms. The maximum absolute atomic E-state index is 13.2. The number of aromatic amines is 1. The fraction of sp³-hybridized carbons (Fsp3) is 0.310. The molecule has 8 nitrogen and oxygen atoms in total. The molecule has 0 spiro atoms. The number of aryl methyl sites for hydroxylation is 1. The van der Waals surface area contributed by atoms with Crippen molar-refractivity contribution in [3.05, 3.63) is 84.4 Å². The molecular formula is C29H32N6O2. The monoisotopic (exact) mass is 496 g/mol. The van der Waals surface area contributed by atoms with Crippen LogP contribution in [-0.2, 0) is 11.2 Å². The molecule has 0 saturated carbocycles. The van der Waals surface area contributed by atoms with Crippen LogP contribution in [0.1, 0.15) is 55.6 Å². The second-order valence-corrected chi connectivity index (χ2v) is 9.71. The number of hydrogen-bond donors (Lipinski definition) is 2. The smallest absolute Gasteiger partial charge is 0.258 e. The number of H-pyrrole nitrogens is 1. The van der Waals surface area contributed by atoms with Gasteiger partial charge in [-0.05, 0) is 62.9 Å². The van der Waals surface area contributed by atoms with Gasteiger partial charge in [-0.2, -0.15) is 5.10 Å². The average Bonchev–Trinajstić information content (AvgIpc) is 3.59. The highest BCUT2D eigenvalue weighted by molar-refractivity contribution is 6.04. The third kappa shape index (κ3) is 5.48. The van der Waals surface area contributed by atoms with Gasteiger partial charge < -0.3 is 4.90 Å². The Bertz CT molecular complexity index is 1350. The zero-order valence-electron chi connectivity index (χ0n) is 21.2. The van der Waals surface area contributed by atoms with Crippen LogP contribution in [0.3, 0.4) is 0 Å². The molecule has 2 atom stereocenters. The van der Waals surface area contributed by atoms with Crippen LogP contribution in [-0.4, -0.2) is 48.5 Å². The first kappa shape index (κ1) is 24.5. The number of benzene rings is 2. The largest absolute Gasteiger partial charge is 0.337 e. The quantitative estimate of drug-likeness (QED) is 0.366. The molecule has 2 N–H and O–H groups in total. The molecule has 0 unspecified atom stereocenters. The minimum atomic E-state index is -0.258. The first-order valence-electron chi connectivity index (χ1n) is 12.8. The third-order valence-electron chi connectivity index (χ3n) is 7.05. The second-order valence-electron chi connectivity index (χ2n) is 9.71. The lowest BCUT2D eigenvalue weighted by atomic mass is 9.97. The number of para-hydroxylation sites is 1. The molecular weight excluding hydrogens is 464 g/mol. The number of rotatable bonds is 7. The molecule has 0 aliphatic carbocycles. The van der Waals surface area contributed by atoms with E-state index in [4.69, 9.17) is 4.98 Å².